The molecule has 0 amide bonds. The van der Waals surface area contributed by atoms with E-state index in [0.717, 1.165) is 5.56 Å². The Morgan fingerprint density at radius 3 is 2.35 bits per heavy atom. The standard InChI is InChI=1S/C13H18O2S2/c1-9(2)12-6-4-11(5-7-12)8-15-13(14)10(3)17-16/h4-7,9-10,17H,8H2,1-3H3. The molecule has 0 saturated carbocycles. The average molecular weight is 270 g/mol. The van der Waals surface area contributed by atoms with Crippen molar-refractivity contribution in [3.05, 3.63) is 35.4 Å². The van der Waals surface area contributed by atoms with Gasteiger partial charge in [0, 0.05) is 0 Å². The molecule has 0 aliphatic carbocycles. The fourth-order valence-electron chi connectivity index (χ4n) is 1.32. The second kappa shape index (κ2) is 6.87. The maximum atomic E-state index is 11.4. The van der Waals surface area contributed by atoms with E-state index in [-0.39, 0.29) is 11.2 Å². The fraction of sp³-hybridized carbons (Fsp3) is 0.462. The first-order valence-corrected chi connectivity index (χ1v) is 7.60. The molecule has 0 N–H and O–H groups in total. The van der Waals surface area contributed by atoms with Crippen LogP contribution in [-0.4, -0.2) is 11.2 Å². The van der Waals surface area contributed by atoms with Gasteiger partial charge in [-0.15, -0.1) is 10.3 Å². The van der Waals surface area contributed by atoms with E-state index in [1.54, 1.807) is 6.92 Å². The van der Waals surface area contributed by atoms with Crippen LogP contribution < -0.4 is 0 Å². The van der Waals surface area contributed by atoms with Crippen LogP contribution in [0.2, 0.25) is 0 Å². The van der Waals surface area contributed by atoms with E-state index in [4.69, 9.17) is 15.9 Å². The van der Waals surface area contributed by atoms with E-state index in [1.165, 1.54) is 5.56 Å². The number of rotatable bonds is 5. The Labute approximate surface area is 111 Å². The molecule has 0 aliphatic rings. The van der Waals surface area contributed by atoms with Crippen LogP contribution in [0.5, 0.6) is 0 Å². The predicted molar refractivity (Wildman–Crippen MR) is 75.9 cm³/mol. The first-order chi connectivity index (χ1) is 8.04. The number of carbonyl (C=O) groups is 1. The smallest absolute Gasteiger partial charge is 0.319 e. The van der Waals surface area contributed by atoms with E-state index in [2.05, 4.69) is 26.0 Å². The molecule has 1 atom stereocenters. The lowest BCUT2D eigenvalue weighted by molar-refractivity contribution is -0.143. The van der Waals surface area contributed by atoms with Crippen LogP contribution in [0.4, 0.5) is 0 Å². The Hall–Kier alpha value is -0.740. The lowest BCUT2D eigenvalue weighted by Crippen LogP contribution is -2.18. The summed E-state index contributed by atoms with van der Waals surface area (Å²) in [4.78, 5) is 11.4. The molecule has 0 aromatic heterocycles. The molecule has 0 radical (unpaired) electrons. The number of hydrogen-bond donors (Lipinski definition) is 1. The Morgan fingerprint density at radius 1 is 1.29 bits per heavy atom. The summed E-state index contributed by atoms with van der Waals surface area (Å²) < 4.78 is 5.17. The Morgan fingerprint density at radius 2 is 1.88 bits per heavy atom. The minimum absolute atomic E-state index is 0.222. The van der Waals surface area contributed by atoms with Crippen LogP contribution in [0, 0.1) is 0 Å². The van der Waals surface area contributed by atoms with Crippen LogP contribution in [0.1, 0.15) is 37.8 Å². The molecule has 0 heterocycles. The molecule has 1 unspecified atom stereocenters. The average Bonchev–Trinajstić information content (AvgIpc) is 2.35. The van der Waals surface area contributed by atoms with Crippen molar-refractivity contribution in [3.63, 3.8) is 0 Å². The van der Waals surface area contributed by atoms with Gasteiger partial charge >= 0.3 is 5.97 Å². The summed E-state index contributed by atoms with van der Waals surface area (Å²) in [6.07, 6.45) is 0. The SMILES string of the molecule is CC([SH]=S)C(=O)OCc1ccc(C(C)C)cc1. The van der Waals surface area contributed by atoms with Gasteiger partial charge in [0.15, 0.2) is 0 Å². The van der Waals surface area contributed by atoms with E-state index >= 15 is 0 Å². The van der Waals surface area contributed by atoms with Gasteiger partial charge in [0.25, 0.3) is 0 Å². The van der Waals surface area contributed by atoms with Crippen molar-refractivity contribution in [3.8, 4) is 0 Å². The van der Waals surface area contributed by atoms with Crippen LogP contribution in [0.15, 0.2) is 24.3 Å². The molecule has 1 aromatic carbocycles. The molecule has 94 valence electrons. The molecule has 0 saturated heterocycles. The highest BCUT2D eigenvalue weighted by molar-refractivity contribution is 8.18. The Kier molecular flexibility index (Phi) is 5.78. The van der Waals surface area contributed by atoms with Crippen molar-refractivity contribution < 1.29 is 9.53 Å². The summed E-state index contributed by atoms with van der Waals surface area (Å²) in [6, 6.07) is 8.14. The third kappa shape index (κ3) is 4.56. The normalized spacial score (nSPS) is 12.5. The number of benzene rings is 1. The Bertz CT molecular complexity index is 385. The molecule has 4 heteroatoms. The van der Waals surface area contributed by atoms with Gasteiger partial charge in [-0.1, -0.05) is 49.3 Å². The molecule has 1 rings (SSSR count). The largest absolute Gasteiger partial charge is 0.460 e. The van der Waals surface area contributed by atoms with E-state index in [9.17, 15) is 4.79 Å². The third-order valence-corrected chi connectivity index (χ3v) is 4.00. The number of carbonyl (C=O) groups excluding carboxylic acids is 1. The van der Waals surface area contributed by atoms with Gasteiger partial charge < -0.3 is 4.74 Å². The number of ether oxygens (including phenoxy) is 1. The first kappa shape index (κ1) is 14.3. The molecule has 0 fully saturated rings. The van der Waals surface area contributed by atoms with E-state index in [0.29, 0.717) is 22.8 Å². The van der Waals surface area contributed by atoms with Crippen LogP contribution in [0.3, 0.4) is 0 Å². The number of esters is 1. The molecule has 0 bridgehead atoms. The summed E-state index contributed by atoms with van der Waals surface area (Å²) in [5, 5.41) is -0.222. The van der Waals surface area contributed by atoms with Crippen LogP contribution in [-0.2, 0) is 37.6 Å². The first-order valence-electron chi connectivity index (χ1n) is 5.62. The number of hydrogen-bond acceptors (Lipinski definition) is 3. The lowest BCUT2D eigenvalue weighted by Gasteiger charge is -2.09. The predicted octanol–water partition coefficient (Wildman–Crippen LogP) is 2.52. The highest BCUT2D eigenvalue weighted by atomic mass is 32.8. The molecule has 2 nitrogen and oxygen atoms in total. The molecule has 1 aromatic rings. The van der Waals surface area contributed by atoms with Gasteiger partial charge in [-0.2, -0.15) is 0 Å². The minimum atomic E-state index is -0.227. The molecule has 0 aliphatic heterocycles. The van der Waals surface area contributed by atoms with Crippen molar-refractivity contribution in [1.82, 2.24) is 0 Å². The molecular formula is C13H18O2S2. The zero-order chi connectivity index (χ0) is 12.8. The summed E-state index contributed by atoms with van der Waals surface area (Å²) >= 11 is 4.80. The zero-order valence-corrected chi connectivity index (χ0v) is 12.1. The highest BCUT2D eigenvalue weighted by Crippen LogP contribution is 2.15. The van der Waals surface area contributed by atoms with Crippen molar-refractivity contribution in [1.29, 1.82) is 0 Å². The van der Waals surface area contributed by atoms with E-state index in [1.807, 2.05) is 12.1 Å². The molecule has 17 heavy (non-hydrogen) atoms. The summed E-state index contributed by atoms with van der Waals surface area (Å²) in [7, 11) is 0.633. The Balaban J connectivity index is 2.53. The maximum absolute atomic E-state index is 11.4. The van der Waals surface area contributed by atoms with Gasteiger partial charge in [-0.25, -0.2) is 0 Å². The lowest BCUT2D eigenvalue weighted by atomic mass is 10.0. The van der Waals surface area contributed by atoms with E-state index < -0.39 is 0 Å². The van der Waals surface area contributed by atoms with Crippen LogP contribution in [0.25, 0.3) is 0 Å². The van der Waals surface area contributed by atoms with Crippen molar-refractivity contribution in [2.24, 2.45) is 0 Å². The van der Waals surface area contributed by atoms with Gasteiger partial charge in [0.2, 0.25) is 0 Å². The molecule has 0 spiro atoms. The third-order valence-electron chi connectivity index (χ3n) is 2.53. The van der Waals surface area contributed by atoms with Crippen molar-refractivity contribution in [2.75, 3.05) is 0 Å². The van der Waals surface area contributed by atoms with Crippen molar-refractivity contribution in [2.45, 2.75) is 38.5 Å². The second-order valence-electron chi connectivity index (χ2n) is 4.29. The van der Waals surface area contributed by atoms with Gasteiger partial charge in [-0.3, -0.25) is 4.79 Å². The monoisotopic (exact) mass is 270 g/mol. The van der Waals surface area contributed by atoms with Crippen molar-refractivity contribution >= 4 is 27.5 Å². The molecular weight excluding hydrogens is 252 g/mol. The summed E-state index contributed by atoms with van der Waals surface area (Å²) in [5.41, 5.74) is 2.30. The zero-order valence-electron chi connectivity index (χ0n) is 10.3. The van der Waals surface area contributed by atoms with Gasteiger partial charge in [0.05, 0.1) is 0 Å². The minimum Gasteiger partial charge on any atom is -0.460 e. The van der Waals surface area contributed by atoms with Gasteiger partial charge in [0.1, 0.15) is 11.9 Å². The van der Waals surface area contributed by atoms with Crippen LogP contribution >= 0.6 is 0 Å². The maximum Gasteiger partial charge on any atom is 0.319 e. The summed E-state index contributed by atoms with van der Waals surface area (Å²) in [6.45, 7) is 6.41. The number of thiol groups is 1. The topological polar surface area (TPSA) is 26.3 Å². The quantitative estimate of drug-likeness (QED) is 0.658. The highest BCUT2D eigenvalue weighted by Gasteiger charge is 2.10. The van der Waals surface area contributed by atoms with Gasteiger partial charge in [-0.05, 0) is 24.0 Å². The summed E-state index contributed by atoms with van der Waals surface area (Å²) in [5.74, 6) is 0.292. The second-order valence-corrected chi connectivity index (χ2v) is 5.90. The fourth-order valence-corrected chi connectivity index (χ4v) is 1.74.